The molecule has 15 heavy (non-hydrogen) atoms. The van der Waals surface area contributed by atoms with Gasteiger partial charge in [0.05, 0.1) is 0 Å². The lowest BCUT2D eigenvalue weighted by Crippen LogP contribution is -2.38. The van der Waals surface area contributed by atoms with Crippen molar-refractivity contribution in [1.82, 2.24) is 4.90 Å². The van der Waals surface area contributed by atoms with Crippen LogP contribution in [0.1, 0.15) is 47.0 Å². The molecule has 0 aromatic heterocycles. The van der Waals surface area contributed by atoms with Gasteiger partial charge in [0.1, 0.15) is 0 Å². The zero-order valence-corrected chi connectivity index (χ0v) is 10.6. The molecule has 0 aromatic rings. The molecule has 0 N–H and O–H groups in total. The lowest BCUT2D eigenvalue weighted by atomic mass is 9.91. The number of carbonyl (C=O) groups is 1. The zero-order valence-electron chi connectivity index (χ0n) is 10.6. The van der Waals surface area contributed by atoms with Crippen LogP contribution in [0, 0.1) is 17.8 Å². The molecular formula is C13H25NO. The number of hydrogen-bond acceptors (Lipinski definition) is 1. The third kappa shape index (κ3) is 3.51. The summed E-state index contributed by atoms with van der Waals surface area (Å²) in [6.07, 6.45) is 3.76. The summed E-state index contributed by atoms with van der Waals surface area (Å²) in [5, 5.41) is 0. The Bertz CT molecular complexity index is 211. The second kappa shape index (κ2) is 5.53. The smallest absolute Gasteiger partial charge is 0.225 e. The molecule has 0 aliphatic carbocycles. The summed E-state index contributed by atoms with van der Waals surface area (Å²) in [5.74, 6) is 1.89. The molecule has 1 aliphatic heterocycles. The van der Waals surface area contributed by atoms with Crippen molar-refractivity contribution in [1.29, 1.82) is 0 Å². The Hall–Kier alpha value is -0.530. The SMILES string of the molecule is CC(C)C(=O)N1CCCC[C@H](C(C)C)C1. The first kappa shape index (κ1) is 12.5. The van der Waals surface area contributed by atoms with E-state index in [-0.39, 0.29) is 5.92 Å². The molecule has 0 saturated carbocycles. The van der Waals surface area contributed by atoms with E-state index in [1.165, 1.54) is 19.3 Å². The topological polar surface area (TPSA) is 20.3 Å². The highest BCUT2D eigenvalue weighted by Gasteiger charge is 2.24. The van der Waals surface area contributed by atoms with Crippen LogP contribution in [0.15, 0.2) is 0 Å². The van der Waals surface area contributed by atoms with E-state index in [2.05, 4.69) is 18.7 Å². The Balaban J connectivity index is 2.60. The third-order valence-corrected chi connectivity index (χ3v) is 3.46. The van der Waals surface area contributed by atoms with Crippen molar-refractivity contribution in [2.75, 3.05) is 13.1 Å². The highest BCUT2D eigenvalue weighted by Crippen LogP contribution is 2.23. The molecule has 1 amide bonds. The highest BCUT2D eigenvalue weighted by molar-refractivity contribution is 5.78. The molecule has 2 nitrogen and oxygen atoms in total. The van der Waals surface area contributed by atoms with Gasteiger partial charge in [0.15, 0.2) is 0 Å². The van der Waals surface area contributed by atoms with E-state index in [1.807, 2.05) is 13.8 Å². The Labute approximate surface area is 94.0 Å². The Morgan fingerprint density at radius 2 is 1.87 bits per heavy atom. The zero-order chi connectivity index (χ0) is 11.4. The Morgan fingerprint density at radius 1 is 1.20 bits per heavy atom. The minimum atomic E-state index is 0.149. The molecule has 1 heterocycles. The molecule has 1 aliphatic rings. The Kier molecular flexibility index (Phi) is 4.62. The summed E-state index contributed by atoms with van der Waals surface area (Å²) in [5.41, 5.74) is 0. The fraction of sp³-hybridized carbons (Fsp3) is 0.923. The summed E-state index contributed by atoms with van der Waals surface area (Å²) in [6, 6.07) is 0. The second-order valence-electron chi connectivity index (χ2n) is 5.44. The lowest BCUT2D eigenvalue weighted by Gasteiger charge is -2.28. The van der Waals surface area contributed by atoms with Crippen molar-refractivity contribution < 1.29 is 4.79 Å². The van der Waals surface area contributed by atoms with Crippen LogP contribution in [-0.4, -0.2) is 23.9 Å². The van der Waals surface area contributed by atoms with Gasteiger partial charge in [-0.15, -0.1) is 0 Å². The van der Waals surface area contributed by atoms with Crippen LogP contribution in [0.2, 0.25) is 0 Å². The fourth-order valence-electron chi connectivity index (χ4n) is 2.28. The van der Waals surface area contributed by atoms with Crippen LogP contribution in [0.5, 0.6) is 0 Å². The number of nitrogens with zero attached hydrogens (tertiary/aromatic N) is 1. The predicted octanol–water partition coefficient (Wildman–Crippen LogP) is 2.93. The van der Waals surface area contributed by atoms with Crippen LogP contribution >= 0.6 is 0 Å². The number of likely N-dealkylation sites (tertiary alicyclic amines) is 1. The maximum atomic E-state index is 11.9. The fourth-order valence-corrected chi connectivity index (χ4v) is 2.28. The molecule has 1 atom stereocenters. The highest BCUT2D eigenvalue weighted by atomic mass is 16.2. The van der Waals surface area contributed by atoms with Gasteiger partial charge in [-0.1, -0.05) is 34.1 Å². The molecule has 0 radical (unpaired) electrons. The first-order chi connectivity index (χ1) is 7.02. The molecule has 1 rings (SSSR count). The normalized spacial score (nSPS) is 23.3. The molecule has 0 spiro atoms. The summed E-state index contributed by atoms with van der Waals surface area (Å²) in [7, 11) is 0. The Morgan fingerprint density at radius 3 is 2.40 bits per heavy atom. The average Bonchev–Trinajstić information content (AvgIpc) is 2.41. The van der Waals surface area contributed by atoms with Gasteiger partial charge in [0.2, 0.25) is 5.91 Å². The van der Waals surface area contributed by atoms with E-state index in [0.717, 1.165) is 13.1 Å². The van der Waals surface area contributed by atoms with Gasteiger partial charge >= 0.3 is 0 Å². The molecule has 88 valence electrons. The number of hydrogen-bond donors (Lipinski definition) is 0. The van der Waals surface area contributed by atoms with Crippen LogP contribution in [0.25, 0.3) is 0 Å². The van der Waals surface area contributed by atoms with Crippen LogP contribution < -0.4 is 0 Å². The summed E-state index contributed by atoms with van der Waals surface area (Å²) in [4.78, 5) is 14.0. The van der Waals surface area contributed by atoms with E-state index in [1.54, 1.807) is 0 Å². The second-order valence-corrected chi connectivity index (χ2v) is 5.44. The summed E-state index contributed by atoms with van der Waals surface area (Å²) in [6.45, 7) is 10.5. The molecule has 0 aromatic carbocycles. The van der Waals surface area contributed by atoms with Gasteiger partial charge in [-0.3, -0.25) is 4.79 Å². The molecule has 1 saturated heterocycles. The quantitative estimate of drug-likeness (QED) is 0.687. The average molecular weight is 211 g/mol. The van der Waals surface area contributed by atoms with Gasteiger partial charge in [-0.25, -0.2) is 0 Å². The van der Waals surface area contributed by atoms with Crippen molar-refractivity contribution >= 4 is 5.91 Å². The van der Waals surface area contributed by atoms with Crippen molar-refractivity contribution in [2.24, 2.45) is 17.8 Å². The van der Waals surface area contributed by atoms with Gasteiger partial charge in [0, 0.05) is 19.0 Å². The van der Waals surface area contributed by atoms with E-state index in [4.69, 9.17) is 0 Å². The van der Waals surface area contributed by atoms with Crippen LogP contribution in [-0.2, 0) is 4.79 Å². The predicted molar refractivity (Wildman–Crippen MR) is 63.6 cm³/mol. The first-order valence-corrected chi connectivity index (χ1v) is 6.31. The van der Waals surface area contributed by atoms with E-state index in [9.17, 15) is 4.79 Å². The van der Waals surface area contributed by atoms with E-state index >= 15 is 0 Å². The number of amides is 1. The third-order valence-electron chi connectivity index (χ3n) is 3.46. The van der Waals surface area contributed by atoms with Crippen molar-refractivity contribution in [3.8, 4) is 0 Å². The van der Waals surface area contributed by atoms with Crippen molar-refractivity contribution in [3.05, 3.63) is 0 Å². The molecule has 2 heteroatoms. The first-order valence-electron chi connectivity index (χ1n) is 6.31. The maximum absolute atomic E-state index is 11.9. The largest absolute Gasteiger partial charge is 0.342 e. The van der Waals surface area contributed by atoms with Crippen LogP contribution in [0.3, 0.4) is 0 Å². The minimum Gasteiger partial charge on any atom is -0.342 e. The lowest BCUT2D eigenvalue weighted by molar-refractivity contribution is -0.135. The number of carbonyl (C=O) groups excluding carboxylic acids is 1. The van der Waals surface area contributed by atoms with E-state index < -0.39 is 0 Å². The van der Waals surface area contributed by atoms with Crippen LogP contribution in [0.4, 0.5) is 0 Å². The van der Waals surface area contributed by atoms with Gasteiger partial charge < -0.3 is 4.90 Å². The maximum Gasteiger partial charge on any atom is 0.225 e. The van der Waals surface area contributed by atoms with Crippen molar-refractivity contribution in [2.45, 2.75) is 47.0 Å². The van der Waals surface area contributed by atoms with Crippen molar-refractivity contribution in [3.63, 3.8) is 0 Å². The van der Waals surface area contributed by atoms with Gasteiger partial charge in [-0.2, -0.15) is 0 Å². The van der Waals surface area contributed by atoms with E-state index in [0.29, 0.717) is 17.7 Å². The molecule has 0 bridgehead atoms. The standard InChI is InChI=1S/C13H25NO/c1-10(2)12-7-5-6-8-14(9-12)13(15)11(3)4/h10-12H,5-9H2,1-4H3/t12-/m0/s1. The monoisotopic (exact) mass is 211 g/mol. The van der Waals surface area contributed by atoms with Gasteiger partial charge in [-0.05, 0) is 24.7 Å². The minimum absolute atomic E-state index is 0.149. The molecule has 1 fully saturated rings. The number of rotatable bonds is 2. The summed E-state index contributed by atoms with van der Waals surface area (Å²) >= 11 is 0. The molecule has 0 unspecified atom stereocenters. The molecular weight excluding hydrogens is 186 g/mol. The summed E-state index contributed by atoms with van der Waals surface area (Å²) < 4.78 is 0. The van der Waals surface area contributed by atoms with Gasteiger partial charge in [0.25, 0.3) is 0 Å².